The quantitative estimate of drug-likeness (QED) is 0.214. The van der Waals surface area contributed by atoms with Crippen LogP contribution in [0.2, 0.25) is 0 Å². The largest absolute Gasteiger partial charge is 0.550 e. The summed E-state index contributed by atoms with van der Waals surface area (Å²) in [5.74, 6) is -0.867. The van der Waals surface area contributed by atoms with Gasteiger partial charge in [0.1, 0.15) is 9.85 Å². The smallest absolute Gasteiger partial charge is 0.257 e. The second kappa shape index (κ2) is 2.98. The first kappa shape index (κ1) is 9.38. The zero-order valence-corrected chi connectivity index (χ0v) is 6.00. The number of halogens is 2. The van der Waals surface area contributed by atoms with Gasteiger partial charge >= 0.3 is 5.12 Å². The Morgan fingerprint density at radius 3 is 1.60 bits per heavy atom. The van der Waals surface area contributed by atoms with Crippen LogP contribution in [0.15, 0.2) is 0 Å². The maximum Gasteiger partial charge on any atom is 0.550 e. The molecule has 0 atom stereocenters. The van der Waals surface area contributed by atoms with Gasteiger partial charge in [-0.15, -0.1) is 11.6 Å². The molecule has 0 aliphatic heterocycles. The summed E-state index contributed by atoms with van der Waals surface area (Å²) < 4.78 is 0. The van der Waals surface area contributed by atoms with E-state index in [1.165, 1.54) is 0 Å². The lowest BCUT2D eigenvalue weighted by atomic mass is 10.6. The van der Waals surface area contributed by atoms with Gasteiger partial charge < -0.3 is 0 Å². The standard InChI is InChI=1S/C2H2Cl2N2O4/c3-1-2(4,5(7)8)6(9)10/h1H2. The number of rotatable bonds is 3. The Hall–Kier alpha value is -0.620. The van der Waals surface area contributed by atoms with E-state index in [1.54, 1.807) is 0 Å². The molecule has 0 heterocycles. The first-order chi connectivity index (χ1) is 4.45. The summed E-state index contributed by atoms with van der Waals surface area (Å²) in [6.45, 7) is 0. The first-order valence-corrected chi connectivity index (χ1v) is 2.90. The van der Waals surface area contributed by atoms with E-state index < -0.39 is 20.8 Å². The molecule has 0 fully saturated rings. The Kier molecular flexibility index (Phi) is 2.79. The monoisotopic (exact) mass is 188 g/mol. The second-order valence-corrected chi connectivity index (χ2v) is 2.24. The van der Waals surface area contributed by atoms with Crippen molar-refractivity contribution in [1.29, 1.82) is 0 Å². The molecular formula is C2H2Cl2N2O4. The molecule has 0 bridgehead atoms. The van der Waals surface area contributed by atoms with Crippen molar-refractivity contribution in [3.63, 3.8) is 0 Å². The third-order valence-corrected chi connectivity index (χ3v) is 1.65. The Morgan fingerprint density at radius 1 is 1.30 bits per heavy atom. The van der Waals surface area contributed by atoms with Gasteiger partial charge in [0, 0.05) is 11.6 Å². The Bertz CT molecular complexity index is 157. The molecular weight excluding hydrogens is 187 g/mol. The molecule has 0 aliphatic rings. The minimum atomic E-state index is -2.78. The van der Waals surface area contributed by atoms with Crippen molar-refractivity contribution in [3.8, 4) is 0 Å². The van der Waals surface area contributed by atoms with Crippen molar-refractivity contribution in [3.05, 3.63) is 20.2 Å². The molecule has 0 aromatic rings. The van der Waals surface area contributed by atoms with Crippen LogP contribution in [-0.2, 0) is 0 Å². The summed E-state index contributed by atoms with van der Waals surface area (Å²) in [5, 5.41) is 16.9. The van der Waals surface area contributed by atoms with Crippen molar-refractivity contribution >= 4 is 23.2 Å². The second-order valence-electron chi connectivity index (χ2n) is 1.37. The van der Waals surface area contributed by atoms with Crippen molar-refractivity contribution in [2.75, 3.05) is 5.88 Å². The molecule has 0 N–H and O–H groups in total. The van der Waals surface area contributed by atoms with Gasteiger partial charge in [0.2, 0.25) is 0 Å². The summed E-state index contributed by atoms with van der Waals surface area (Å²) in [4.78, 5) is 17.2. The average molecular weight is 189 g/mol. The van der Waals surface area contributed by atoms with E-state index in [2.05, 4.69) is 0 Å². The molecule has 0 saturated heterocycles. The van der Waals surface area contributed by atoms with Crippen LogP contribution in [-0.4, -0.2) is 20.8 Å². The average Bonchev–Trinajstić information content (AvgIpc) is 1.85. The van der Waals surface area contributed by atoms with Crippen LogP contribution in [0, 0.1) is 20.2 Å². The van der Waals surface area contributed by atoms with E-state index in [9.17, 15) is 20.2 Å². The fraction of sp³-hybridized carbons (Fsp3) is 1.00. The van der Waals surface area contributed by atoms with Crippen LogP contribution in [0.5, 0.6) is 0 Å². The van der Waals surface area contributed by atoms with Crippen LogP contribution in [0.25, 0.3) is 0 Å². The third kappa shape index (κ3) is 1.45. The topological polar surface area (TPSA) is 86.3 Å². The van der Waals surface area contributed by atoms with E-state index in [0.29, 0.717) is 0 Å². The highest BCUT2D eigenvalue weighted by atomic mass is 35.5. The zero-order valence-electron chi connectivity index (χ0n) is 4.49. The SMILES string of the molecule is O=[N+]([O-])C(Cl)(CCl)[N+](=O)[O-]. The fourth-order valence-corrected chi connectivity index (χ4v) is 0.359. The fourth-order valence-electron chi connectivity index (χ4n) is 0.164. The van der Waals surface area contributed by atoms with Crippen molar-refractivity contribution in [2.24, 2.45) is 0 Å². The molecule has 0 radical (unpaired) electrons. The minimum Gasteiger partial charge on any atom is -0.257 e. The third-order valence-electron chi connectivity index (χ3n) is 0.730. The number of alkyl halides is 2. The molecule has 0 amide bonds. The van der Waals surface area contributed by atoms with E-state index in [0.717, 1.165) is 0 Å². The van der Waals surface area contributed by atoms with Gasteiger partial charge in [-0.05, 0) is 0 Å². The van der Waals surface area contributed by atoms with Crippen molar-refractivity contribution in [1.82, 2.24) is 0 Å². The van der Waals surface area contributed by atoms with E-state index >= 15 is 0 Å². The Morgan fingerprint density at radius 2 is 1.60 bits per heavy atom. The lowest BCUT2D eigenvalue weighted by Gasteiger charge is -2.04. The van der Waals surface area contributed by atoms with Crippen LogP contribution in [0.3, 0.4) is 0 Å². The van der Waals surface area contributed by atoms with Crippen LogP contribution >= 0.6 is 23.2 Å². The molecule has 0 aromatic heterocycles. The van der Waals surface area contributed by atoms with Gasteiger partial charge in [0.25, 0.3) is 0 Å². The zero-order chi connectivity index (χ0) is 8.36. The maximum atomic E-state index is 9.84. The highest BCUT2D eigenvalue weighted by Gasteiger charge is 2.53. The Labute approximate surface area is 65.0 Å². The molecule has 0 unspecified atom stereocenters. The summed E-state index contributed by atoms with van der Waals surface area (Å²) in [6.07, 6.45) is 0. The molecule has 10 heavy (non-hydrogen) atoms. The van der Waals surface area contributed by atoms with Crippen LogP contribution < -0.4 is 0 Å². The van der Waals surface area contributed by atoms with Gasteiger partial charge in [-0.1, -0.05) is 0 Å². The molecule has 6 nitrogen and oxygen atoms in total. The molecule has 0 rings (SSSR count). The number of nitrogens with zero attached hydrogens (tertiary/aromatic N) is 2. The molecule has 0 aromatic carbocycles. The van der Waals surface area contributed by atoms with E-state index in [-0.39, 0.29) is 0 Å². The van der Waals surface area contributed by atoms with Gasteiger partial charge in [-0.2, -0.15) is 0 Å². The van der Waals surface area contributed by atoms with E-state index in [1.807, 2.05) is 0 Å². The number of hydrogen-bond donors (Lipinski definition) is 0. The summed E-state index contributed by atoms with van der Waals surface area (Å²) in [5.41, 5.74) is 0. The molecule has 0 aliphatic carbocycles. The molecule has 0 saturated carbocycles. The number of hydrogen-bond acceptors (Lipinski definition) is 4. The van der Waals surface area contributed by atoms with Crippen LogP contribution in [0.1, 0.15) is 0 Å². The van der Waals surface area contributed by atoms with Crippen molar-refractivity contribution < 1.29 is 9.85 Å². The summed E-state index contributed by atoms with van der Waals surface area (Å²) in [7, 11) is 0. The van der Waals surface area contributed by atoms with E-state index in [4.69, 9.17) is 23.2 Å². The normalized spacial score (nSPS) is 11.0. The highest BCUT2D eigenvalue weighted by molar-refractivity contribution is 6.28. The number of nitro groups is 2. The highest BCUT2D eigenvalue weighted by Crippen LogP contribution is 2.17. The first-order valence-electron chi connectivity index (χ1n) is 1.99. The summed E-state index contributed by atoms with van der Waals surface area (Å²) >= 11 is 9.75. The van der Waals surface area contributed by atoms with Crippen molar-refractivity contribution in [2.45, 2.75) is 5.12 Å². The minimum absolute atomic E-state index is 0.867. The lowest BCUT2D eigenvalue weighted by molar-refractivity contribution is -0.759. The van der Waals surface area contributed by atoms with Gasteiger partial charge in [-0.25, -0.2) is 0 Å². The molecule has 8 heteroatoms. The van der Waals surface area contributed by atoms with Gasteiger partial charge in [0.05, 0.1) is 0 Å². The van der Waals surface area contributed by atoms with Gasteiger partial charge in [0.15, 0.2) is 5.88 Å². The maximum absolute atomic E-state index is 9.84. The lowest BCUT2D eigenvalue weighted by Crippen LogP contribution is -2.42. The van der Waals surface area contributed by atoms with Crippen LogP contribution in [0.4, 0.5) is 0 Å². The predicted molar refractivity (Wildman–Crippen MR) is 33.3 cm³/mol. The Balaban J connectivity index is 4.55. The molecule has 0 spiro atoms. The predicted octanol–water partition coefficient (Wildman–Crippen LogP) is 0.671. The molecule has 58 valence electrons. The summed E-state index contributed by atoms with van der Waals surface area (Å²) in [6, 6.07) is 0. The van der Waals surface area contributed by atoms with Gasteiger partial charge in [-0.3, -0.25) is 20.2 Å².